The van der Waals surface area contributed by atoms with Gasteiger partial charge >= 0.3 is 11.9 Å². The molecule has 1 aliphatic heterocycles. The average molecular weight is 695 g/mol. The summed E-state index contributed by atoms with van der Waals surface area (Å²) in [6.45, 7) is 15.3. The van der Waals surface area contributed by atoms with Crippen molar-refractivity contribution in [2.75, 3.05) is 39.5 Å². The normalized spacial score (nSPS) is 42.2. The molecule has 9 atom stereocenters. The van der Waals surface area contributed by atoms with Crippen molar-refractivity contribution in [3.8, 4) is 0 Å². The van der Waals surface area contributed by atoms with Crippen molar-refractivity contribution < 1.29 is 23.8 Å². The first-order chi connectivity index (χ1) is 23.8. The Hall–Kier alpha value is -1.73. The Bertz CT molecular complexity index is 1370. The molecule has 50 heavy (non-hydrogen) atoms. The molecule has 6 aliphatic carbocycles. The number of carbonyl (C=O) groups is 2. The fourth-order valence-corrected chi connectivity index (χ4v) is 14.3. The van der Waals surface area contributed by atoms with E-state index in [9.17, 15) is 19.1 Å². The van der Waals surface area contributed by atoms with Gasteiger partial charge in [0.05, 0.1) is 13.3 Å². The van der Waals surface area contributed by atoms with Gasteiger partial charge < -0.3 is 20.1 Å². The molecule has 1 heterocycles. The van der Waals surface area contributed by atoms with Crippen LogP contribution in [0, 0.1) is 57.2 Å². The molecule has 6 nitrogen and oxygen atoms in total. The van der Waals surface area contributed by atoms with Crippen LogP contribution in [0.5, 0.6) is 0 Å². The van der Waals surface area contributed by atoms with E-state index in [-0.39, 0.29) is 30.2 Å². The van der Waals surface area contributed by atoms with E-state index in [1.165, 1.54) is 69.8 Å². The van der Waals surface area contributed by atoms with Gasteiger partial charge in [0.2, 0.25) is 0 Å². The minimum Gasteiger partial charge on any atom is -0.480 e. The molecule has 280 valence electrons. The molecule has 0 amide bonds. The topological polar surface area (TPSA) is 78.9 Å². The summed E-state index contributed by atoms with van der Waals surface area (Å²) in [6, 6.07) is 0. The summed E-state index contributed by atoms with van der Waals surface area (Å²) >= 11 is 0. The fourth-order valence-electron chi connectivity index (χ4n) is 14.3. The van der Waals surface area contributed by atoms with Crippen LogP contribution >= 0.6 is 0 Å². The Morgan fingerprint density at radius 2 is 1.70 bits per heavy atom. The van der Waals surface area contributed by atoms with Crippen LogP contribution in [0.1, 0.15) is 131 Å². The van der Waals surface area contributed by atoms with Gasteiger partial charge in [-0.2, -0.15) is 0 Å². The van der Waals surface area contributed by atoms with Gasteiger partial charge in [0.1, 0.15) is 0 Å². The Balaban J connectivity index is 1.01. The molecule has 7 heteroatoms. The highest BCUT2D eigenvalue weighted by molar-refractivity contribution is 5.99. The van der Waals surface area contributed by atoms with Gasteiger partial charge in [-0.3, -0.25) is 14.0 Å². The lowest BCUT2D eigenvalue weighted by molar-refractivity contribution is -0.175. The summed E-state index contributed by atoms with van der Waals surface area (Å²) in [5.74, 6) is 2.48. The molecule has 7 rings (SSSR count). The van der Waals surface area contributed by atoms with Crippen molar-refractivity contribution in [1.29, 1.82) is 0 Å². The smallest absolute Gasteiger partial charge is 0.323 e. The SMILES string of the molecule is CCOC(=O)C1(C(=O)O)CCN(CCNC23CCCC2C2CCC4C(C)(CCC5C(C)(C)C(C6=CCC(CF)CC6)=CCC54C)C2CC3)CC1. The monoisotopic (exact) mass is 695 g/mol. The van der Waals surface area contributed by atoms with Crippen molar-refractivity contribution in [2.45, 2.75) is 136 Å². The van der Waals surface area contributed by atoms with Crippen molar-refractivity contribution in [1.82, 2.24) is 10.2 Å². The first-order valence-corrected chi connectivity index (χ1v) is 20.7. The third-order valence-electron chi connectivity index (χ3n) is 16.9. The lowest BCUT2D eigenvalue weighted by Gasteiger charge is -2.68. The Labute approximate surface area is 301 Å². The summed E-state index contributed by atoms with van der Waals surface area (Å²) in [5, 5.41) is 14.1. The number of carboxylic acid groups (broad SMARTS) is 1. The van der Waals surface area contributed by atoms with Crippen molar-refractivity contribution in [2.24, 2.45) is 57.2 Å². The summed E-state index contributed by atoms with van der Waals surface area (Å²) in [7, 11) is 0. The highest BCUT2D eigenvalue weighted by atomic mass is 19.1. The van der Waals surface area contributed by atoms with Gasteiger partial charge in [0.15, 0.2) is 5.41 Å². The van der Waals surface area contributed by atoms with E-state index in [1.54, 1.807) is 12.5 Å². The number of esters is 1. The molecule has 7 aliphatic rings. The highest BCUT2D eigenvalue weighted by Gasteiger charge is 2.65. The maximum atomic E-state index is 13.4. The number of nitrogens with zero attached hydrogens (tertiary/aromatic N) is 1. The number of rotatable bonds is 9. The van der Waals surface area contributed by atoms with Crippen LogP contribution in [0.4, 0.5) is 4.39 Å². The molecule has 0 radical (unpaired) electrons. The first-order valence-electron chi connectivity index (χ1n) is 20.7. The van der Waals surface area contributed by atoms with Crippen LogP contribution in [0.25, 0.3) is 0 Å². The zero-order chi connectivity index (χ0) is 35.5. The number of fused-ring (bicyclic) bond motifs is 7. The maximum absolute atomic E-state index is 13.4. The predicted octanol–water partition coefficient (Wildman–Crippen LogP) is 8.76. The van der Waals surface area contributed by atoms with Gasteiger partial charge in [-0.25, -0.2) is 0 Å². The molecule has 1 saturated heterocycles. The quantitative estimate of drug-likeness (QED) is 0.186. The van der Waals surface area contributed by atoms with E-state index in [1.807, 2.05) is 0 Å². The van der Waals surface area contributed by atoms with Crippen LogP contribution in [-0.2, 0) is 14.3 Å². The molecule has 2 N–H and O–H groups in total. The number of carboxylic acids is 1. The van der Waals surface area contributed by atoms with Crippen LogP contribution in [0.2, 0.25) is 0 Å². The van der Waals surface area contributed by atoms with E-state index >= 15 is 0 Å². The van der Waals surface area contributed by atoms with Gasteiger partial charge in [-0.1, -0.05) is 46.3 Å². The standard InChI is InChI=1S/C43H67FN2O4/c1-6-50-38(49)42(37(47)48)22-25-46(26-23-42)27-24-45-43-18-7-8-34(43)31-13-14-36-40(4,33(31)16-21-43)20-17-35-39(2,3)32(15-19-41(35,36)5)30-11-9-29(28-44)10-12-30/h11,15,29,31,33-36,45H,6-10,12-14,16-28H2,1-5H3,(H,47,48). The van der Waals surface area contributed by atoms with Crippen LogP contribution < -0.4 is 5.32 Å². The second kappa shape index (κ2) is 13.6. The molecular formula is C43H67FN2O4. The van der Waals surface area contributed by atoms with E-state index < -0.39 is 17.4 Å². The molecule has 4 saturated carbocycles. The van der Waals surface area contributed by atoms with E-state index in [2.05, 4.69) is 50.1 Å². The number of hydrogen-bond donors (Lipinski definition) is 2. The van der Waals surface area contributed by atoms with E-state index in [4.69, 9.17) is 4.74 Å². The highest BCUT2D eigenvalue weighted by Crippen LogP contribution is 2.72. The summed E-state index contributed by atoms with van der Waals surface area (Å²) in [5.41, 5.74) is 2.89. The summed E-state index contributed by atoms with van der Waals surface area (Å²) in [4.78, 5) is 27.1. The number of hydrogen-bond acceptors (Lipinski definition) is 5. The largest absolute Gasteiger partial charge is 0.480 e. The molecule has 0 bridgehead atoms. The molecule has 0 spiro atoms. The van der Waals surface area contributed by atoms with E-state index in [0.29, 0.717) is 42.7 Å². The van der Waals surface area contributed by atoms with E-state index in [0.717, 1.165) is 56.0 Å². The fraction of sp³-hybridized carbons (Fsp3) is 0.860. The van der Waals surface area contributed by atoms with Crippen molar-refractivity contribution in [3.05, 3.63) is 23.3 Å². The molecule has 0 aromatic carbocycles. The molecule has 0 aromatic rings. The van der Waals surface area contributed by atoms with Crippen LogP contribution in [-0.4, -0.2) is 66.9 Å². The number of allylic oxidation sites excluding steroid dienone is 4. The number of halogens is 1. The molecule has 0 aromatic heterocycles. The first kappa shape index (κ1) is 36.6. The van der Waals surface area contributed by atoms with Gasteiger partial charge in [0, 0.05) is 18.6 Å². The average Bonchev–Trinajstić information content (AvgIpc) is 3.53. The zero-order valence-electron chi connectivity index (χ0n) is 32.0. The second-order valence-electron chi connectivity index (χ2n) is 19.1. The van der Waals surface area contributed by atoms with Gasteiger partial charge in [-0.15, -0.1) is 0 Å². The van der Waals surface area contributed by atoms with Crippen LogP contribution in [0.3, 0.4) is 0 Å². The summed E-state index contributed by atoms with van der Waals surface area (Å²) < 4.78 is 18.6. The van der Waals surface area contributed by atoms with Gasteiger partial charge in [-0.05, 0) is 173 Å². The van der Waals surface area contributed by atoms with Gasteiger partial charge in [0.25, 0.3) is 0 Å². The molecule has 9 unspecified atom stereocenters. The number of nitrogens with one attached hydrogen (secondary N) is 1. The Kier molecular flexibility index (Phi) is 9.96. The third kappa shape index (κ3) is 5.76. The number of likely N-dealkylation sites (tertiary alicyclic amines) is 1. The van der Waals surface area contributed by atoms with Crippen molar-refractivity contribution >= 4 is 11.9 Å². The number of piperidine rings is 1. The minimum atomic E-state index is -1.39. The molecule has 5 fully saturated rings. The lowest BCUT2D eigenvalue weighted by atomic mass is 9.37. The Morgan fingerprint density at radius 1 is 0.920 bits per heavy atom. The maximum Gasteiger partial charge on any atom is 0.323 e. The minimum absolute atomic E-state index is 0.166. The number of carbonyl (C=O) groups excluding carboxylic acids is 1. The summed E-state index contributed by atoms with van der Waals surface area (Å²) in [6.07, 6.45) is 21.9. The third-order valence-corrected chi connectivity index (χ3v) is 16.9. The van der Waals surface area contributed by atoms with Crippen molar-refractivity contribution in [3.63, 3.8) is 0 Å². The lowest BCUT2D eigenvalue weighted by Crippen LogP contribution is -2.64. The Morgan fingerprint density at radius 3 is 2.38 bits per heavy atom. The van der Waals surface area contributed by atoms with Crippen LogP contribution in [0.15, 0.2) is 23.3 Å². The second-order valence-corrected chi connectivity index (χ2v) is 19.1. The predicted molar refractivity (Wildman–Crippen MR) is 196 cm³/mol. The number of aliphatic carboxylic acids is 1. The molecular weight excluding hydrogens is 627 g/mol. The zero-order valence-corrected chi connectivity index (χ0v) is 32.0. The number of ether oxygens (including phenoxy) is 1. The number of alkyl halides is 1.